The number of nitrogens with zero attached hydrogens (tertiary/aromatic N) is 1. The molecule has 0 aromatic heterocycles. The summed E-state index contributed by atoms with van der Waals surface area (Å²) >= 11 is 0. The molecule has 0 aliphatic carbocycles. The van der Waals surface area contributed by atoms with Crippen LogP contribution in [0.25, 0.3) is 0 Å². The normalized spacial score (nSPS) is 25.8. The summed E-state index contributed by atoms with van der Waals surface area (Å²) in [6, 6.07) is 9.63. The Kier molecular flexibility index (Phi) is 3.07. The number of carbonyl (C=O) groups is 1. The summed E-state index contributed by atoms with van der Waals surface area (Å²) in [4.78, 5) is 13.4. The van der Waals surface area contributed by atoms with Crippen molar-refractivity contribution in [2.24, 2.45) is 0 Å². The summed E-state index contributed by atoms with van der Waals surface area (Å²) in [5.41, 5.74) is 0.401. The van der Waals surface area contributed by atoms with Gasteiger partial charge in [-0.05, 0) is 19.4 Å². The minimum Gasteiger partial charge on any atom is -0.447 e. The van der Waals surface area contributed by atoms with Gasteiger partial charge in [-0.15, -0.1) is 0 Å². The van der Waals surface area contributed by atoms with E-state index in [0.717, 1.165) is 5.56 Å². The first-order chi connectivity index (χ1) is 8.08. The van der Waals surface area contributed by atoms with Crippen molar-refractivity contribution in [1.82, 2.24) is 4.90 Å². The first kappa shape index (κ1) is 11.9. The van der Waals surface area contributed by atoms with E-state index in [9.17, 15) is 9.90 Å². The van der Waals surface area contributed by atoms with E-state index in [-0.39, 0.29) is 25.3 Å². The molecule has 2 atom stereocenters. The molecule has 4 heteroatoms. The zero-order valence-electron chi connectivity index (χ0n) is 10.1. The molecule has 0 saturated carbocycles. The Morgan fingerprint density at radius 3 is 2.71 bits per heavy atom. The monoisotopic (exact) mass is 235 g/mol. The van der Waals surface area contributed by atoms with Crippen LogP contribution < -0.4 is 0 Å². The van der Waals surface area contributed by atoms with Crippen molar-refractivity contribution in [2.75, 3.05) is 13.2 Å². The fraction of sp³-hybridized carbons (Fsp3) is 0.462. The minimum absolute atomic E-state index is 0.101. The van der Waals surface area contributed by atoms with Crippen molar-refractivity contribution in [2.45, 2.75) is 25.4 Å². The summed E-state index contributed by atoms with van der Waals surface area (Å²) in [5, 5.41) is 9.44. The number of aliphatic hydroxyl groups is 1. The largest absolute Gasteiger partial charge is 0.447 e. The van der Waals surface area contributed by atoms with Gasteiger partial charge in [0.2, 0.25) is 0 Å². The summed E-state index contributed by atoms with van der Waals surface area (Å²) in [6.07, 6.45) is -0.363. The number of rotatable bonds is 3. The van der Waals surface area contributed by atoms with Crippen LogP contribution in [0.1, 0.15) is 25.5 Å². The molecule has 1 aromatic carbocycles. The maximum atomic E-state index is 11.8. The van der Waals surface area contributed by atoms with Gasteiger partial charge in [0.25, 0.3) is 0 Å². The molecule has 0 spiro atoms. The second kappa shape index (κ2) is 4.37. The highest BCUT2D eigenvalue weighted by molar-refractivity contribution is 5.71. The fourth-order valence-electron chi connectivity index (χ4n) is 2.20. The SMILES string of the molecule is C[C@@H](c1ccccc1)N1C(=O)OC[C@@]1(C)CO. The zero-order chi connectivity index (χ0) is 12.5. The molecule has 2 rings (SSSR count). The Hall–Kier alpha value is -1.55. The topological polar surface area (TPSA) is 49.8 Å². The Morgan fingerprint density at radius 1 is 1.47 bits per heavy atom. The third kappa shape index (κ3) is 2.00. The Bertz CT molecular complexity index is 406. The molecule has 17 heavy (non-hydrogen) atoms. The van der Waals surface area contributed by atoms with Gasteiger partial charge in [0.05, 0.1) is 12.6 Å². The van der Waals surface area contributed by atoms with Crippen molar-refractivity contribution in [3.63, 3.8) is 0 Å². The lowest BCUT2D eigenvalue weighted by Gasteiger charge is -2.35. The quantitative estimate of drug-likeness (QED) is 0.871. The predicted octanol–water partition coefficient (Wildman–Crippen LogP) is 1.95. The van der Waals surface area contributed by atoms with Crippen molar-refractivity contribution in [3.8, 4) is 0 Å². The lowest BCUT2D eigenvalue weighted by molar-refractivity contribution is 0.0769. The summed E-state index contributed by atoms with van der Waals surface area (Å²) in [7, 11) is 0. The van der Waals surface area contributed by atoms with Crippen molar-refractivity contribution in [3.05, 3.63) is 35.9 Å². The van der Waals surface area contributed by atoms with Gasteiger partial charge in [0, 0.05) is 0 Å². The third-order valence-electron chi connectivity index (χ3n) is 3.29. The predicted molar refractivity (Wildman–Crippen MR) is 63.5 cm³/mol. The number of hydrogen-bond donors (Lipinski definition) is 1. The second-order valence-corrected chi connectivity index (χ2v) is 4.67. The second-order valence-electron chi connectivity index (χ2n) is 4.67. The van der Waals surface area contributed by atoms with E-state index in [2.05, 4.69) is 0 Å². The molecule has 1 aromatic rings. The van der Waals surface area contributed by atoms with Gasteiger partial charge in [0.1, 0.15) is 12.1 Å². The molecule has 1 fully saturated rings. The molecule has 4 nitrogen and oxygen atoms in total. The molecule has 1 heterocycles. The molecule has 0 bridgehead atoms. The van der Waals surface area contributed by atoms with Crippen LogP contribution in [0.4, 0.5) is 4.79 Å². The average molecular weight is 235 g/mol. The van der Waals surface area contributed by atoms with Crippen LogP contribution in [-0.4, -0.2) is 34.9 Å². The van der Waals surface area contributed by atoms with Crippen LogP contribution in [0.3, 0.4) is 0 Å². The molecule has 0 unspecified atom stereocenters. The third-order valence-corrected chi connectivity index (χ3v) is 3.29. The van der Waals surface area contributed by atoms with Crippen LogP contribution >= 0.6 is 0 Å². The molecule has 1 aliphatic heterocycles. The smallest absolute Gasteiger partial charge is 0.411 e. The number of hydrogen-bond acceptors (Lipinski definition) is 3. The van der Waals surface area contributed by atoms with Gasteiger partial charge >= 0.3 is 6.09 Å². The summed E-state index contributed by atoms with van der Waals surface area (Å²) < 4.78 is 5.04. The van der Waals surface area contributed by atoms with E-state index in [4.69, 9.17) is 4.74 Å². The number of amides is 1. The van der Waals surface area contributed by atoms with Gasteiger partial charge < -0.3 is 9.84 Å². The molecular formula is C13H17NO3. The van der Waals surface area contributed by atoms with E-state index >= 15 is 0 Å². The lowest BCUT2D eigenvalue weighted by atomic mass is 9.98. The Balaban J connectivity index is 2.29. The molecule has 0 radical (unpaired) electrons. The highest BCUT2D eigenvalue weighted by atomic mass is 16.6. The Labute approximate surface area is 101 Å². The number of benzene rings is 1. The molecule has 1 amide bonds. The number of ether oxygens (including phenoxy) is 1. The zero-order valence-corrected chi connectivity index (χ0v) is 10.1. The van der Waals surface area contributed by atoms with Crippen LogP contribution in [-0.2, 0) is 4.74 Å². The van der Waals surface area contributed by atoms with Crippen LogP contribution in [0.15, 0.2) is 30.3 Å². The number of aliphatic hydroxyl groups excluding tert-OH is 1. The van der Waals surface area contributed by atoms with Gasteiger partial charge in [-0.1, -0.05) is 30.3 Å². The molecule has 1 saturated heterocycles. The fourth-order valence-corrected chi connectivity index (χ4v) is 2.20. The van der Waals surface area contributed by atoms with Gasteiger partial charge in [-0.2, -0.15) is 0 Å². The molecule has 92 valence electrons. The first-order valence-electron chi connectivity index (χ1n) is 5.70. The van der Waals surface area contributed by atoms with Gasteiger partial charge in [-0.25, -0.2) is 4.79 Å². The maximum absolute atomic E-state index is 11.8. The van der Waals surface area contributed by atoms with Crippen molar-refractivity contribution < 1.29 is 14.6 Å². The van der Waals surface area contributed by atoms with E-state index in [1.165, 1.54) is 0 Å². The van der Waals surface area contributed by atoms with Crippen LogP contribution in [0, 0.1) is 0 Å². The van der Waals surface area contributed by atoms with E-state index in [0.29, 0.717) is 0 Å². The van der Waals surface area contributed by atoms with Crippen LogP contribution in [0.5, 0.6) is 0 Å². The lowest BCUT2D eigenvalue weighted by Crippen LogP contribution is -2.48. The van der Waals surface area contributed by atoms with E-state index in [1.807, 2.05) is 44.2 Å². The van der Waals surface area contributed by atoms with Gasteiger partial charge in [0.15, 0.2) is 0 Å². The van der Waals surface area contributed by atoms with Crippen molar-refractivity contribution in [1.29, 1.82) is 0 Å². The molecule has 1 N–H and O–H groups in total. The molecule has 1 aliphatic rings. The maximum Gasteiger partial charge on any atom is 0.411 e. The van der Waals surface area contributed by atoms with E-state index < -0.39 is 5.54 Å². The average Bonchev–Trinajstić information content (AvgIpc) is 2.66. The Morgan fingerprint density at radius 2 is 2.12 bits per heavy atom. The van der Waals surface area contributed by atoms with E-state index in [1.54, 1.807) is 4.90 Å². The summed E-state index contributed by atoms with van der Waals surface area (Å²) in [6.45, 7) is 3.91. The number of cyclic esters (lactones) is 1. The highest BCUT2D eigenvalue weighted by Gasteiger charge is 2.46. The van der Waals surface area contributed by atoms with Gasteiger partial charge in [-0.3, -0.25) is 4.90 Å². The molecular weight excluding hydrogens is 218 g/mol. The standard InChI is InChI=1S/C13H17NO3/c1-10(11-6-4-3-5-7-11)14-12(16)17-9-13(14,2)8-15/h3-7,10,15H,8-9H2,1-2H3/t10-,13+/m0/s1. The highest BCUT2D eigenvalue weighted by Crippen LogP contribution is 2.33. The summed E-state index contributed by atoms with van der Waals surface area (Å²) in [5.74, 6) is 0. The first-order valence-corrected chi connectivity index (χ1v) is 5.70. The number of carbonyl (C=O) groups excluding carboxylic acids is 1. The van der Waals surface area contributed by atoms with Crippen molar-refractivity contribution >= 4 is 6.09 Å². The van der Waals surface area contributed by atoms with Crippen LogP contribution in [0.2, 0.25) is 0 Å². The minimum atomic E-state index is -0.633.